The van der Waals surface area contributed by atoms with Gasteiger partial charge in [0, 0.05) is 18.2 Å². The van der Waals surface area contributed by atoms with Crippen molar-refractivity contribution < 1.29 is 13.2 Å². The van der Waals surface area contributed by atoms with Crippen LogP contribution >= 0.6 is 0 Å². The maximum absolute atomic E-state index is 12.3. The lowest BCUT2D eigenvalue weighted by Crippen LogP contribution is -2.33. The van der Waals surface area contributed by atoms with E-state index in [9.17, 15) is 13.2 Å². The van der Waals surface area contributed by atoms with Crippen molar-refractivity contribution >= 4 is 15.9 Å². The highest BCUT2D eigenvalue weighted by atomic mass is 32.2. The molecular formula is C20H24N2O3S. The molecule has 0 aliphatic heterocycles. The summed E-state index contributed by atoms with van der Waals surface area (Å²) in [6, 6.07) is 16.0. The molecule has 2 aromatic rings. The van der Waals surface area contributed by atoms with Crippen LogP contribution in [-0.4, -0.2) is 26.9 Å². The van der Waals surface area contributed by atoms with Gasteiger partial charge >= 0.3 is 0 Å². The maximum Gasteiger partial charge on any atom is 0.251 e. The van der Waals surface area contributed by atoms with Gasteiger partial charge in [-0.3, -0.25) is 4.79 Å². The first-order chi connectivity index (χ1) is 12.4. The number of rotatable bonds is 9. The first kappa shape index (κ1) is 19.9. The maximum atomic E-state index is 12.3. The lowest BCUT2D eigenvalue weighted by molar-refractivity contribution is 0.0938. The second-order valence-electron chi connectivity index (χ2n) is 6.06. The Balaban J connectivity index is 1.91. The fraction of sp³-hybridized carbons (Fsp3) is 0.250. The predicted molar refractivity (Wildman–Crippen MR) is 104 cm³/mol. The van der Waals surface area contributed by atoms with E-state index in [1.165, 1.54) is 35.9 Å². The Morgan fingerprint density at radius 3 is 2.38 bits per heavy atom. The zero-order valence-corrected chi connectivity index (χ0v) is 15.6. The Kier molecular flexibility index (Phi) is 7.12. The van der Waals surface area contributed by atoms with Crippen LogP contribution in [0.3, 0.4) is 0 Å². The molecule has 2 aromatic carbocycles. The zero-order valence-electron chi connectivity index (χ0n) is 14.8. The van der Waals surface area contributed by atoms with Gasteiger partial charge in [-0.1, -0.05) is 36.4 Å². The third kappa shape index (κ3) is 5.82. The summed E-state index contributed by atoms with van der Waals surface area (Å²) in [7, 11) is -3.58. The number of sulfonamides is 1. The molecule has 0 heterocycles. The number of carbonyl (C=O) groups is 1. The van der Waals surface area contributed by atoms with E-state index >= 15 is 0 Å². The molecule has 0 aromatic heterocycles. The van der Waals surface area contributed by atoms with Crippen LogP contribution < -0.4 is 10.0 Å². The molecule has 0 aliphatic rings. The van der Waals surface area contributed by atoms with Crippen LogP contribution in [0.15, 0.2) is 72.1 Å². The molecule has 1 atom stereocenters. The average Bonchev–Trinajstić information content (AvgIpc) is 2.65. The van der Waals surface area contributed by atoms with Crippen LogP contribution in [0.5, 0.6) is 0 Å². The molecule has 0 spiro atoms. The van der Waals surface area contributed by atoms with Crippen molar-refractivity contribution in [1.82, 2.24) is 10.0 Å². The van der Waals surface area contributed by atoms with E-state index in [4.69, 9.17) is 0 Å². The van der Waals surface area contributed by atoms with Gasteiger partial charge < -0.3 is 5.32 Å². The van der Waals surface area contributed by atoms with Crippen molar-refractivity contribution in [3.05, 3.63) is 78.4 Å². The van der Waals surface area contributed by atoms with Crippen LogP contribution in [0, 0.1) is 0 Å². The molecule has 6 heteroatoms. The number of hydrogen-bond donors (Lipinski definition) is 2. The Morgan fingerprint density at radius 1 is 1.12 bits per heavy atom. The van der Waals surface area contributed by atoms with Crippen LogP contribution in [0.25, 0.3) is 0 Å². The summed E-state index contributed by atoms with van der Waals surface area (Å²) >= 11 is 0. The second-order valence-corrected chi connectivity index (χ2v) is 7.83. The Bertz CT molecular complexity index is 831. The summed E-state index contributed by atoms with van der Waals surface area (Å²) in [5.41, 5.74) is 1.66. The minimum atomic E-state index is -3.58. The van der Waals surface area contributed by atoms with E-state index in [1.54, 1.807) is 0 Å². The number of benzene rings is 2. The molecular weight excluding hydrogens is 348 g/mol. The third-order valence-electron chi connectivity index (χ3n) is 3.93. The molecule has 0 saturated carbocycles. The van der Waals surface area contributed by atoms with E-state index in [0.29, 0.717) is 5.56 Å². The van der Waals surface area contributed by atoms with Gasteiger partial charge in [-0.2, -0.15) is 0 Å². The van der Waals surface area contributed by atoms with Gasteiger partial charge in [0.05, 0.1) is 4.90 Å². The summed E-state index contributed by atoms with van der Waals surface area (Å²) in [5.74, 6) is -0.214. The Labute approximate surface area is 155 Å². The molecule has 0 saturated heterocycles. The van der Waals surface area contributed by atoms with Gasteiger partial charge in [0.25, 0.3) is 5.91 Å². The Morgan fingerprint density at radius 2 is 1.77 bits per heavy atom. The number of hydrogen-bond acceptors (Lipinski definition) is 3. The number of amides is 1. The first-order valence-corrected chi connectivity index (χ1v) is 9.96. The molecule has 1 amide bonds. The molecule has 2 N–H and O–H groups in total. The molecule has 0 bridgehead atoms. The molecule has 0 fully saturated rings. The second kappa shape index (κ2) is 9.31. The number of carbonyl (C=O) groups excluding carboxylic acids is 1. The average molecular weight is 372 g/mol. The molecule has 138 valence electrons. The highest BCUT2D eigenvalue weighted by molar-refractivity contribution is 7.89. The van der Waals surface area contributed by atoms with Crippen molar-refractivity contribution in [3.63, 3.8) is 0 Å². The summed E-state index contributed by atoms with van der Waals surface area (Å²) in [5, 5.41) is 2.94. The van der Waals surface area contributed by atoms with Crippen molar-refractivity contribution in [3.8, 4) is 0 Å². The van der Waals surface area contributed by atoms with Crippen molar-refractivity contribution in [2.75, 3.05) is 6.54 Å². The quantitative estimate of drug-likeness (QED) is 0.665. The van der Waals surface area contributed by atoms with E-state index in [2.05, 4.69) is 28.8 Å². The molecule has 0 aliphatic carbocycles. The van der Waals surface area contributed by atoms with Crippen LogP contribution in [0.1, 0.15) is 29.3 Å². The SMILES string of the molecule is C=CCNS(=O)(=O)c1ccc(C(=O)N[C@H](C)CCc2ccccc2)cc1. The molecule has 5 nitrogen and oxygen atoms in total. The van der Waals surface area contributed by atoms with E-state index in [1.807, 2.05) is 25.1 Å². The minimum absolute atomic E-state index is 0.0142. The van der Waals surface area contributed by atoms with Gasteiger partial charge in [0.1, 0.15) is 0 Å². The summed E-state index contributed by atoms with van der Waals surface area (Å²) in [6.07, 6.45) is 3.18. The van der Waals surface area contributed by atoms with Crippen LogP contribution in [0.2, 0.25) is 0 Å². The highest BCUT2D eigenvalue weighted by Crippen LogP contribution is 2.11. The van der Waals surface area contributed by atoms with E-state index in [0.717, 1.165) is 12.8 Å². The normalized spacial score (nSPS) is 12.3. The molecule has 0 unspecified atom stereocenters. The topological polar surface area (TPSA) is 75.3 Å². The number of aryl methyl sites for hydroxylation is 1. The monoisotopic (exact) mass is 372 g/mol. The Hall–Kier alpha value is -2.44. The lowest BCUT2D eigenvalue weighted by Gasteiger charge is -2.14. The zero-order chi connectivity index (χ0) is 19.0. The standard InChI is InChI=1S/C20H24N2O3S/c1-3-15-21-26(24,25)19-13-11-18(12-14-19)20(23)22-16(2)9-10-17-7-5-4-6-8-17/h3-8,11-14,16,21H,1,9-10,15H2,2H3,(H,22,23)/t16-/m1/s1. The first-order valence-electron chi connectivity index (χ1n) is 8.48. The van der Waals surface area contributed by atoms with E-state index in [-0.39, 0.29) is 23.4 Å². The van der Waals surface area contributed by atoms with Gasteiger partial charge in [-0.25, -0.2) is 13.1 Å². The van der Waals surface area contributed by atoms with Crippen molar-refractivity contribution in [2.45, 2.75) is 30.7 Å². The third-order valence-corrected chi connectivity index (χ3v) is 5.37. The molecule has 2 rings (SSSR count). The van der Waals surface area contributed by atoms with Crippen molar-refractivity contribution in [1.29, 1.82) is 0 Å². The van der Waals surface area contributed by atoms with Crippen LogP contribution in [0.4, 0.5) is 0 Å². The van der Waals surface area contributed by atoms with Gasteiger partial charge in [0.15, 0.2) is 0 Å². The van der Waals surface area contributed by atoms with Crippen LogP contribution in [-0.2, 0) is 16.4 Å². The van der Waals surface area contributed by atoms with Crippen molar-refractivity contribution in [2.24, 2.45) is 0 Å². The highest BCUT2D eigenvalue weighted by Gasteiger charge is 2.15. The summed E-state index contributed by atoms with van der Waals surface area (Å²) in [4.78, 5) is 12.4. The van der Waals surface area contributed by atoms with E-state index < -0.39 is 10.0 Å². The van der Waals surface area contributed by atoms with Gasteiger partial charge in [-0.15, -0.1) is 6.58 Å². The summed E-state index contributed by atoms with van der Waals surface area (Å²) in [6.45, 7) is 5.59. The lowest BCUT2D eigenvalue weighted by atomic mass is 10.1. The van der Waals surface area contributed by atoms with Gasteiger partial charge in [0.2, 0.25) is 10.0 Å². The molecule has 26 heavy (non-hydrogen) atoms. The fourth-order valence-electron chi connectivity index (χ4n) is 2.44. The predicted octanol–water partition coefficient (Wildman–Crippen LogP) is 2.90. The smallest absolute Gasteiger partial charge is 0.251 e. The summed E-state index contributed by atoms with van der Waals surface area (Å²) < 4.78 is 26.4. The largest absolute Gasteiger partial charge is 0.350 e. The van der Waals surface area contributed by atoms with Gasteiger partial charge in [-0.05, 0) is 49.6 Å². The minimum Gasteiger partial charge on any atom is -0.350 e. The fourth-order valence-corrected chi connectivity index (χ4v) is 3.44. The number of nitrogens with one attached hydrogen (secondary N) is 2. The molecule has 0 radical (unpaired) electrons.